The molecule has 2 aliphatic rings. The van der Waals surface area contributed by atoms with E-state index in [1.807, 2.05) is 28.9 Å². The molecule has 0 unspecified atom stereocenters. The first kappa shape index (κ1) is 17.8. The first-order valence-corrected chi connectivity index (χ1v) is 10.8. The number of hydrogen-bond donors (Lipinski definition) is 0. The number of anilines is 1. The lowest BCUT2D eigenvalue weighted by Gasteiger charge is -2.39. The van der Waals surface area contributed by atoms with Gasteiger partial charge in [0.25, 0.3) is 0 Å². The predicted molar refractivity (Wildman–Crippen MR) is 110 cm³/mol. The topological polar surface area (TPSA) is 55.5 Å². The maximum absolute atomic E-state index is 5.48. The summed E-state index contributed by atoms with van der Waals surface area (Å²) in [6.07, 6.45) is 11.7. The molecule has 0 atom stereocenters. The number of ether oxygens (including phenoxy) is 1. The number of nitrogens with zero attached hydrogens (tertiary/aromatic N) is 5. The Morgan fingerprint density at radius 3 is 2.57 bits per heavy atom. The van der Waals surface area contributed by atoms with Crippen LogP contribution in [0.1, 0.15) is 38.5 Å². The number of fused-ring (bicyclic) bond motifs is 1. The third-order valence-electron chi connectivity index (χ3n) is 6.32. The molecule has 1 saturated heterocycles. The summed E-state index contributed by atoms with van der Waals surface area (Å²) >= 11 is 1.61. The van der Waals surface area contributed by atoms with E-state index in [2.05, 4.69) is 21.0 Å². The second kappa shape index (κ2) is 7.28. The maximum Gasteiger partial charge on any atom is 0.228 e. The van der Waals surface area contributed by atoms with E-state index in [-0.39, 0.29) is 0 Å². The van der Waals surface area contributed by atoms with E-state index in [0.717, 1.165) is 40.2 Å². The van der Waals surface area contributed by atoms with Crippen molar-refractivity contribution in [1.82, 2.24) is 19.6 Å². The van der Waals surface area contributed by atoms with Crippen LogP contribution >= 0.6 is 11.8 Å². The van der Waals surface area contributed by atoms with Crippen LogP contribution in [0.15, 0.2) is 46.6 Å². The summed E-state index contributed by atoms with van der Waals surface area (Å²) in [7, 11) is 1.70. The fraction of sp³-hybridized carbons (Fsp3) is 0.476. The van der Waals surface area contributed by atoms with Crippen LogP contribution in [0, 0.1) is 5.41 Å². The summed E-state index contributed by atoms with van der Waals surface area (Å²) in [6.45, 7) is 2.11. The smallest absolute Gasteiger partial charge is 0.228 e. The van der Waals surface area contributed by atoms with Gasteiger partial charge in [-0.25, -0.2) is 9.97 Å². The minimum Gasteiger partial charge on any atom is -0.496 e. The van der Waals surface area contributed by atoms with E-state index in [4.69, 9.17) is 9.72 Å². The molecule has 6 nitrogen and oxygen atoms in total. The molecule has 146 valence electrons. The Balaban J connectivity index is 1.42. The molecule has 1 aliphatic carbocycles. The van der Waals surface area contributed by atoms with Crippen molar-refractivity contribution in [2.24, 2.45) is 5.41 Å². The number of benzene rings is 1. The van der Waals surface area contributed by atoms with Crippen molar-refractivity contribution in [3.05, 3.63) is 36.8 Å². The van der Waals surface area contributed by atoms with Gasteiger partial charge in [-0.15, -0.1) is 0 Å². The van der Waals surface area contributed by atoms with Crippen LogP contribution in [0.3, 0.4) is 0 Å². The zero-order valence-electron chi connectivity index (χ0n) is 16.2. The van der Waals surface area contributed by atoms with E-state index >= 15 is 0 Å². The van der Waals surface area contributed by atoms with E-state index < -0.39 is 0 Å². The second-order valence-electron chi connectivity index (χ2n) is 7.86. The highest BCUT2D eigenvalue weighted by Gasteiger charge is 2.37. The summed E-state index contributed by atoms with van der Waals surface area (Å²) < 4.78 is 7.38. The van der Waals surface area contributed by atoms with Gasteiger partial charge in [-0.05, 0) is 43.2 Å². The van der Waals surface area contributed by atoms with Gasteiger partial charge >= 0.3 is 0 Å². The number of methoxy groups -OCH3 is 1. The van der Waals surface area contributed by atoms with Crippen molar-refractivity contribution in [1.29, 1.82) is 0 Å². The molecule has 0 amide bonds. The van der Waals surface area contributed by atoms with E-state index in [1.54, 1.807) is 25.2 Å². The molecule has 1 saturated carbocycles. The lowest BCUT2D eigenvalue weighted by Crippen LogP contribution is -2.40. The molecule has 3 aromatic rings. The second-order valence-corrected chi connectivity index (χ2v) is 8.95. The fourth-order valence-electron chi connectivity index (χ4n) is 4.70. The maximum atomic E-state index is 5.48. The van der Waals surface area contributed by atoms with Gasteiger partial charge in [0, 0.05) is 19.3 Å². The van der Waals surface area contributed by atoms with Gasteiger partial charge in [0.05, 0.1) is 16.9 Å². The van der Waals surface area contributed by atoms with Gasteiger partial charge in [-0.1, -0.05) is 36.7 Å². The minimum absolute atomic E-state index is 0.595. The van der Waals surface area contributed by atoms with Crippen molar-refractivity contribution < 1.29 is 4.74 Å². The molecule has 0 radical (unpaired) electrons. The van der Waals surface area contributed by atoms with Gasteiger partial charge in [-0.2, -0.15) is 9.61 Å². The Kier molecular flexibility index (Phi) is 4.62. The predicted octanol–water partition coefficient (Wildman–Crippen LogP) is 4.44. The highest BCUT2D eigenvalue weighted by Crippen LogP contribution is 2.46. The van der Waals surface area contributed by atoms with Crippen molar-refractivity contribution in [2.45, 2.75) is 48.3 Å². The molecular formula is C21H25N5OS. The first-order valence-electron chi connectivity index (χ1n) is 10.0. The van der Waals surface area contributed by atoms with Crippen LogP contribution in [0.25, 0.3) is 5.65 Å². The molecule has 5 rings (SSSR count). The normalized spacial score (nSPS) is 18.8. The minimum atomic E-state index is 0.595. The molecule has 28 heavy (non-hydrogen) atoms. The average Bonchev–Trinajstić information content (AvgIpc) is 3.40. The van der Waals surface area contributed by atoms with Crippen LogP contribution in [0.5, 0.6) is 5.75 Å². The monoisotopic (exact) mass is 395 g/mol. The van der Waals surface area contributed by atoms with Gasteiger partial charge in [0.15, 0.2) is 5.65 Å². The molecule has 3 heterocycles. The Morgan fingerprint density at radius 2 is 1.79 bits per heavy atom. The molecule has 2 fully saturated rings. The Labute approximate surface area is 169 Å². The lowest BCUT2D eigenvalue weighted by molar-refractivity contribution is 0.225. The summed E-state index contributed by atoms with van der Waals surface area (Å²) in [6, 6.07) is 8.01. The molecular weight excluding hydrogens is 370 g/mol. The summed E-state index contributed by atoms with van der Waals surface area (Å²) in [5, 5.41) is 4.48. The highest BCUT2D eigenvalue weighted by molar-refractivity contribution is 7.99. The van der Waals surface area contributed by atoms with Gasteiger partial charge < -0.3 is 9.64 Å². The Bertz CT molecular complexity index is 972. The van der Waals surface area contributed by atoms with Gasteiger partial charge in [0.2, 0.25) is 5.95 Å². The molecule has 0 N–H and O–H groups in total. The van der Waals surface area contributed by atoms with Crippen LogP contribution in [0.4, 0.5) is 5.95 Å². The SMILES string of the molecule is COc1ccccc1Sc1cnc(N2CCC3(CCCC3)CC2)n2ncnc12. The largest absolute Gasteiger partial charge is 0.496 e. The fourth-order valence-corrected chi connectivity index (χ4v) is 5.67. The Hall–Kier alpha value is -2.28. The molecule has 1 aromatic carbocycles. The average molecular weight is 396 g/mol. The summed E-state index contributed by atoms with van der Waals surface area (Å²) in [5.41, 5.74) is 1.44. The van der Waals surface area contributed by atoms with Crippen LogP contribution < -0.4 is 9.64 Å². The van der Waals surface area contributed by atoms with Crippen LogP contribution in [0.2, 0.25) is 0 Å². The molecule has 2 aromatic heterocycles. The number of aromatic nitrogens is 4. The summed E-state index contributed by atoms with van der Waals surface area (Å²) in [4.78, 5) is 13.7. The molecule has 1 spiro atoms. The van der Waals surface area contributed by atoms with Crippen molar-refractivity contribution in [3.8, 4) is 5.75 Å². The standard InChI is InChI=1S/C21H25N5OS/c1-27-16-6-2-3-7-17(16)28-18-14-22-20(26-19(18)23-15-24-26)25-12-10-21(11-13-25)8-4-5-9-21/h2-3,6-7,14-15H,4-5,8-13H2,1H3. The van der Waals surface area contributed by atoms with Crippen molar-refractivity contribution >= 4 is 23.4 Å². The lowest BCUT2D eigenvalue weighted by atomic mass is 9.77. The van der Waals surface area contributed by atoms with Crippen molar-refractivity contribution in [3.63, 3.8) is 0 Å². The highest BCUT2D eigenvalue weighted by atomic mass is 32.2. The van der Waals surface area contributed by atoms with Gasteiger partial charge in [0.1, 0.15) is 12.1 Å². The van der Waals surface area contributed by atoms with Crippen molar-refractivity contribution in [2.75, 3.05) is 25.1 Å². The van der Waals surface area contributed by atoms with E-state index in [1.165, 1.54) is 38.5 Å². The van der Waals surface area contributed by atoms with E-state index in [9.17, 15) is 0 Å². The first-order chi connectivity index (χ1) is 13.8. The van der Waals surface area contributed by atoms with Crippen LogP contribution in [-0.4, -0.2) is 39.8 Å². The zero-order chi connectivity index (χ0) is 19.0. The molecule has 1 aliphatic heterocycles. The third kappa shape index (κ3) is 3.11. The number of rotatable bonds is 4. The Morgan fingerprint density at radius 1 is 1.00 bits per heavy atom. The number of piperidine rings is 1. The number of para-hydroxylation sites is 1. The van der Waals surface area contributed by atoms with E-state index in [0.29, 0.717) is 5.41 Å². The molecule has 7 heteroatoms. The third-order valence-corrected chi connectivity index (χ3v) is 7.38. The molecule has 0 bridgehead atoms. The van der Waals surface area contributed by atoms with Crippen LogP contribution in [-0.2, 0) is 0 Å². The summed E-state index contributed by atoms with van der Waals surface area (Å²) in [5.74, 6) is 1.76. The number of hydrogen-bond acceptors (Lipinski definition) is 6. The quantitative estimate of drug-likeness (QED) is 0.651. The zero-order valence-corrected chi connectivity index (χ0v) is 17.0. The van der Waals surface area contributed by atoms with Gasteiger partial charge in [-0.3, -0.25) is 0 Å².